The highest BCUT2D eigenvalue weighted by Gasteiger charge is 2.22. The molecule has 0 saturated carbocycles. The molecule has 2 nitrogen and oxygen atoms in total. The third-order valence-corrected chi connectivity index (χ3v) is 3.93. The largest absolute Gasteiger partial charge is 0.281 e. The van der Waals surface area contributed by atoms with Crippen LogP contribution in [0.4, 0.5) is 0 Å². The van der Waals surface area contributed by atoms with E-state index >= 15 is 0 Å². The van der Waals surface area contributed by atoms with Crippen LogP contribution in [0, 0.1) is 6.92 Å². The molecule has 0 fully saturated rings. The van der Waals surface area contributed by atoms with Gasteiger partial charge in [-0.3, -0.25) is 9.69 Å². The number of carbonyl (C=O) groups is 1. The molecule has 20 heavy (non-hydrogen) atoms. The highest BCUT2D eigenvalue weighted by molar-refractivity contribution is 9.09. The fraction of sp³-hybridized carbons (Fsp3) is 0.235. The Bertz CT molecular complexity index is 586. The molecule has 0 spiro atoms. The molecular formula is C17H18BrNO. The van der Waals surface area contributed by atoms with Crippen molar-refractivity contribution < 1.29 is 4.79 Å². The Morgan fingerprint density at radius 2 is 2.10 bits per heavy atom. The molecule has 0 atom stereocenters. The number of nitrogens with zero attached hydrogens (tertiary/aromatic N) is 1. The van der Waals surface area contributed by atoms with Gasteiger partial charge in [0.1, 0.15) is 0 Å². The van der Waals surface area contributed by atoms with Crippen molar-refractivity contribution in [2.45, 2.75) is 19.8 Å². The third kappa shape index (κ3) is 3.10. The third-order valence-electron chi connectivity index (χ3n) is 3.28. The second kappa shape index (κ2) is 6.71. The summed E-state index contributed by atoms with van der Waals surface area (Å²) < 4.78 is 0. The normalized spacial score (nSPS) is 13.8. The summed E-state index contributed by atoms with van der Waals surface area (Å²) in [5.74, 6) is -0.0228. The zero-order chi connectivity index (χ0) is 14.5. The average Bonchev–Trinajstić information content (AvgIpc) is 2.48. The number of rotatable bonds is 4. The molecule has 104 valence electrons. The average molecular weight is 332 g/mol. The summed E-state index contributed by atoms with van der Waals surface area (Å²) >= 11 is 3.40. The molecule has 0 aromatic heterocycles. The lowest BCUT2D eigenvalue weighted by Gasteiger charge is -2.26. The van der Waals surface area contributed by atoms with E-state index in [1.165, 1.54) is 0 Å². The number of carbonyl (C=O) groups excluding carboxylic acids is 1. The van der Waals surface area contributed by atoms with E-state index in [0.29, 0.717) is 5.33 Å². The summed E-state index contributed by atoms with van der Waals surface area (Å²) in [4.78, 5) is 14.5. The van der Waals surface area contributed by atoms with Gasteiger partial charge in [-0.1, -0.05) is 52.9 Å². The van der Waals surface area contributed by atoms with Crippen LogP contribution < -0.4 is 0 Å². The Morgan fingerprint density at radius 3 is 2.70 bits per heavy atom. The first-order chi connectivity index (χ1) is 9.65. The van der Waals surface area contributed by atoms with Crippen LogP contribution in [0.2, 0.25) is 0 Å². The number of halogens is 1. The first-order valence-electron chi connectivity index (χ1n) is 6.65. The van der Waals surface area contributed by atoms with E-state index in [2.05, 4.69) is 34.7 Å². The van der Waals surface area contributed by atoms with Gasteiger partial charge in [0.2, 0.25) is 0 Å². The van der Waals surface area contributed by atoms with Gasteiger partial charge in [-0.2, -0.15) is 0 Å². The fourth-order valence-electron chi connectivity index (χ4n) is 2.20. The number of allylic oxidation sites excluding steroid dienone is 4. The molecule has 1 aliphatic rings. The van der Waals surface area contributed by atoms with E-state index in [0.717, 1.165) is 35.4 Å². The fourth-order valence-corrected chi connectivity index (χ4v) is 2.45. The summed E-state index contributed by atoms with van der Waals surface area (Å²) in [6, 6.07) is 7.64. The Balaban J connectivity index is 2.39. The first-order valence-corrected chi connectivity index (χ1v) is 7.78. The van der Waals surface area contributed by atoms with E-state index in [1.807, 2.05) is 37.3 Å². The van der Waals surface area contributed by atoms with Crippen molar-refractivity contribution in [3.05, 3.63) is 71.6 Å². The predicted octanol–water partition coefficient (Wildman–Crippen LogP) is 4.58. The van der Waals surface area contributed by atoms with Crippen molar-refractivity contribution in [1.29, 1.82) is 0 Å². The lowest BCUT2D eigenvalue weighted by atomic mass is 10.1. The Hall–Kier alpha value is -1.61. The zero-order valence-corrected chi connectivity index (χ0v) is 13.2. The van der Waals surface area contributed by atoms with Gasteiger partial charge in [0.05, 0.1) is 0 Å². The summed E-state index contributed by atoms with van der Waals surface area (Å²) in [5, 5.41) is 0.565. The minimum atomic E-state index is -0.0228. The molecule has 0 saturated heterocycles. The number of amides is 1. The molecule has 0 heterocycles. The second-order valence-corrected chi connectivity index (χ2v) is 5.32. The van der Waals surface area contributed by atoms with Crippen LogP contribution >= 0.6 is 15.9 Å². The predicted molar refractivity (Wildman–Crippen MR) is 86.7 cm³/mol. The molecule has 0 bridgehead atoms. The Morgan fingerprint density at radius 1 is 1.35 bits per heavy atom. The topological polar surface area (TPSA) is 20.3 Å². The highest BCUT2D eigenvalue weighted by Crippen LogP contribution is 2.23. The Kier molecular flexibility index (Phi) is 4.96. The molecule has 3 heteroatoms. The lowest BCUT2D eigenvalue weighted by Crippen LogP contribution is -2.30. The van der Waals surface area contributed by atoms with Crippen molar-refractivity contribution in [2.75, 3.05) is 5.33 Å². The molecule has 0 radical (unpaired) electrons. The molecule has 0 unspecified atom stereocenters. The maximum Gasteiger partial charge on any atom is 0.262 e. The van der Waals surface area contributed by atoms with Gasteiger partial charge in [0, 0.05) is 22.3 Å². The molecule has 1 amide bonds. The lowest BCUT2D eigenvalue weighted by molar-refractivity contribution is 0.0849. The quantitative estimate of drug-likeness (QED) is 0.739. The molecule has 1 aromatic carbocycles. The van der Waals surface area contributed by atoms with Crippen LogP contribution in [0.15, 0.2) is 60.5 Å². The number of hydrogen-bond acceptors (Lipinski definition) is 1. The van der Waals surface area contributed by atoms with Gasteiger partial charge in [0.25, 0.3) is 5.91 Å². The van der Waals surface area contributed by atoms with Gasteiger partial charge < -0.3 is 0 Å². The number of aryl methyl sites for hydroxylation is 1. The number of alkyl halides is 1. The maximum absolute atomic E-state index is 12.8. The van der Waals surface area contributed by atoms with Crippen LogP contribution in [0.5, 0.6) is 0 Å². The van der Waals surface area contributed by atoms with Gasteiger partial charge >= 0.3 is 0 Å². The maximum atomic E-state index is 12.8. The molecule has 0 N–H and O–H groups in total. The monoisotopic (exact) mass is 331 g/mol. The Labute approximate surface area is 128 Å². The van der Waals surface area contributed by atoms with Crippen LogP contribution in [0.3, 0.4) is 0 Å². The summed E-state index contributed by atoms with van der Waals surface area (Å²) in [5.41, 5.74) is 3.35. The van der Waals surface area contributed by atoms with E-state index in [4.69, 9.17) is 0 Å². The minimum absolute atomic E-state index is 0.0228. The van der Waals surface area contributed by atoms with Gasteiger partial charge in [0.15, 0.2) is 0 Å². The second-order valence-electron chi connectivity index (χ2n) is 4.76. The highest BCUT2D eigenvalue weighted by atomic mass is 79.9. The molecule has 2 rings (SSSR count). The first kappa shape index (κ1) is 14.8. The van der Waals surface area contributed by atoms with Gasteiger partial charge in [-0.25, -0.2) is 0 Å². The van der Waals surface area contributed by atoms with Gasteiger partial charge in [-0.05, 0) is 37.5 Å². The standard InChI is InChI=1S/C17H18BrNO/c1-13-8-6-7-11-16(13)17(20)19(14(2)12-18)15-9-4-3-5-10-15/h4,6-11H,2-3,5,12H2,1H3. The van der Waals surface area contributed by atoms with Crippen molar-refractivity contribution in [3.63, 3.8) is 0 Å². The van der Waals surface area contributed by atoms with Crippen molar-refractivity contribution in [2.24, 2.45) is 0 Å². The van der Waals surface area contributed by atoms with Crippen LogP contribution in [-0.4, -0.2) is 16.1 Å². The van der Waals surface area contributed by atoms with Crippen molar-refractivity contribution >= 4 is 21.8 Å². The van der Waals surface area contributed by atoms with Crippen LogP contribution in [-0.2, 0) is 0 Å². The van der Waals surface area contributed by atoms with Crippen molar-refractivity contribution in [1.82, 2.24) is 4.90 Å². The van der Waals surface area contributed by atoms with E-state index in [9.17, 15) is 4.79 Å². The van der Waals surface area contributed by atoms with Gasteiger partial charge in [-0.15, -0.1) is 0 Å². The molecular weight excluding hydrogens is 314 g/mol. The smallest absolute Gasteiger partial charge is 0.262 e. The van der Waals surface area contributed by atoms with Crippen LogP contribution in [0.1, 0.15) is 28.8 Å². The SMILES string of the molecule is C=C(CBr)N(C(=O)c1ccccc1C)C1=CCCC=C1. The molecule has 1 aromatic rings. The summed E-state index contributed by atoms with van der Waals surface area (Å²) in [6.07, 6.45) is 8.15. The molecule has 1 aliphatic carbocycles. The number of benzene rings is 1. The van der Waals surface area contributed by atoms with E-state index < -0.39 is 0 Å². The summed E-state index contributed by atoms with van der Waals surface area (Å²) in [7, 11) is 0. The number of hydrogen-bond donors (Lipinski definition) is 0. The molecule has 0 aliphatic heterocycles. The summed E-state index contributed by atoms with van der Waals surface area (Å²) in [6.45, 7) is 5.96. The zero-order valence-electron chi connectivity index (χ0n) is 11.6. The van der Waals surface area contributed by atoms with E-state index in [-0.39, 0.29) is 5.91 Å². The van der Waals surface area contributed by atoms with Crippen LogP contribution in [0.25, 0.3) is 0 Å². The van der Waals surface area contributed by atoms with Crippen molar-refractivity contribution in [3.8, 4) is 0 Å². The van der Waals surface area contributed by atoms with E-state index in [1.54, 1.807) is 4.90 Å². The minimum Gasteiger partial charge on any atom is -0.281 e.